The Labute approximate surface area is 83.9 Å². The first-order valence-corrected chi connectivity index (χ1v) is 4.52. The number of hydrogen-bond acceptors (Lipinski definition) is 2. The highest BCUT2D eigenvalue weighted by atomic mass is 35.5. The lowest BCUT2D eigenvalue weighted by atomic mass is 10.1. The molecule has 0 aliphatic rings. The number of fused-ring (bicyclic) bond motifs is 1. The van der Waals surface area contributed by atoms with Gasteiger partial charge in [0, 0.05) is 23.4 Å². The van der Waals surface area contributed by atoms with Gasteiger partial charge in [0.1, 0.15) is 11.4 Å². The summed E-state index contributed by atoms with van der Waals surface area (Å²) in [5.74, 6) is -0.236. The lowest BCUT2D eigenvalue weighted by Crippen LogP contribution is -1.99. The van der Waals surface area contributed by atoms with E-state index in [1.807, 2.05) is 0 Å². The Kier molecular flexibility index (Phi) is 2.25. The Hall–Kier alpha value is -1.35. The predicted octanol–water partition coefficient (Wildman–Crippen LogP) is 2.67. The van der Waals surface area contributed by atoms with Gasteiger partial charge in [-0.05, 0) is 17.7 Å². The van der Waals surface area contributed by atoms with Crippen molar-refractivity contribution in [1.82, 2.24) is 0 Å². The van der Waals surface area contributed by atoms with Crippen LogP contribution in [0.4, 0.5) is 4.39 Å². The largest absolute Gasteiger partial charge is 0.423 e. The molecule has 0 aliphatic carbocycles. The summed E-state index contributed by atoms with van der Waals surface area (Å²) in [6, 6.07) is 5.34. The number of hydrogen-bond donors (Lipinski definition) is 0. The van der Waals surface area contributed by atoms with Crippen LogP contribution in [0, 0.1) is 5.82 Å². The van der Waals surface area contributed by atoms with Crippen LogP contribution < -0.4 is 5.63 Å². The number of halogens is 2. The van der Waals surface area contributed by atoms with Gasteiger partial charge >= 0.3 is 5.63 Å². The van der Waals surface area contributed by atoms with E-state index in [1.54, 1.807) is 6.07 Å². The third-order valence-corrected chi connectivity index (χ3v) is 2.22. The van der Waals surface area contributed by atoms with E-state index in [9.17, 15) is 9.18 Å². The zero-order valence-corrected chi connectivity index (χ0v) is 7.84. The highest BCUT2D eigenvalue weighted by molar-refractivity contribution is 6.17. The van der Waals surface area contributed by atoms with Crippen molar-refractivity contribution in [2.75, 3.05) is 0 Å². The fourth-order valence-corrected chi connectivity index (χ4v) is 1.54. The van der Waals surface area contributed by atoms with Gasteiger partial charge in [0.2, 0.25) is 0 Å². The van der Waals surface area contributed by atoms with Crippen molar-refractivity contribution < 1.29 is 8.81 Å². The Morgan fingerprint density at radius 3 is 2.86 bits per heavy atom. The number of rotatable bonds is 1. The van der Waals surface area contributed by atoms with Gasteiger partial charge in [0.05, 0.1) is 0 Å². The molecule has 0 amide bonds. The van der Waals surface area contributed by atoms with E-state index in [0.717, 1.165) is 0 Å². The van der Waals surface area contributed by atoms with Crippen LogP contribution in [0.3, 0.4) is 0 Å². The second-order valence-electron chi connectivity index (χ2n) is 2.86. The molecular formula is C10H6ClFO2. The summed E-state index contributed by atoms with van der Waals surface area (Å²) in [6.45, 7) is 0. The summed E-state index contributed by atoms with van der Waals surface area (Å²) >= 11 is 5.64. The molecule has 1 aromatic carbocycles. The lowest BCUT2D eigenvalue weighted by Gasteiger charge is -2.00. The zero-order chi connectivity index (χ0) is 10.1. The predicted molar refractivity (Wildman–Crippen MR) is 52.0 cm³/mol. The highest BCUT2D eigenvalue weighted by Crippen LogP contribution is 2.19. The van der Waals surface area contributed by atoms with Crippen LogP contribution in [0.5, 0.6) is 0 Å². The minimum Gasteiger partial charge on any atom is -0.423 e. The Morgan fingerprint density at radius 2 is 2.14 bits per heavy atom. The molecule has 1 heterocycles. The molecule has 14 heavy (non-hydrogen) atoms. The molecule has 1 aromatic heterocycles. The maximum atomic E-state index is 12.8. The first kappa shape index (κ1) is 9.21. The topological polar surface area (TPSA) is 30.2 Å². The molecule has 0 saturated heterocycles. The zero-order valence-electron chi connectivity index (χ0n) is 7.09. The molecule has 0 radical (unpaired) electrons. The second-order valence-corrected chi connectivity index (χ2v) is 3.13. The Bertz CT molecular complexity index is 533. The van der Waals surface area contributed by atoms with Gasteiger partial charge in [-0.2, -0.15) is 0 Å². The van der Waals surface area contributed by atoms with E-state index in [4.69, 9.17) is 16.0 Å². The molecular weight excluding hydrogens is 207 g/mol. The molecule has 0 N–H and O–H groups in total. The molecule has 0 spiro atoms. The van der Waals surface area contributed by atoms with Crippen LogP contribution in [-0.4, -0.2) is 0 Å². The quantitative estimate of drug-likeness (QED) is 0.537. The third kappa shape index (κ3) is 1.51. The second kappa shape index (κ2) is 3.42. The minimum atomic E-state index is -0.515. The molecule has 0 unspecified atom stereocenters. The van der Waals surface area contributed by atoms with Gasteiger partial charge < -0.3 is 4.42 Å². The van der Waals surface area contributed by atoms with E-state index < -0.39 is 11.4 Å². The van der Waals surface area contributed by atoms with Gasteiger partial charge in [-0.25, -0.2) is 9.18 Å². The van der Waals surface area contributed by atoms with Crippen molar-refractivity contribution in [2.24, 2.45) is 0 Å². The van der Waals surface area contributed by atoms with Crippen molar-refractivity contribution in [2.45, 2.75) is 5.88 Å². The summed E-state index contributed by atoms with van der Waals surface area (Å²) in [6.07, 6.45) is 0. The van der Waals surface area contributed by atoms with Crippen LogP contribution in [0.15, 0.2) is 33.5 Å². The van der Waals surface area contributed by atoms with Gasteiger partial charge in [-0.15, -0.1) is 11.6 Å². The summed E-state index contributed by atoms with van der Waals surface area (Å²) in [7, 11) is 0. The van der Waals surface area contributed by atoms with Crippen molar-refractivity contribution in [3.05, 3.63) is 46.1 Å². The maximum absolute atomic E-state index is 12.8. The fourth-order valence-electron chi connectivity index (χ4n) is 1.31. The van der Waals surface area contributed by atoms with E-state index in [1.165, 1.54) is 18.2 Å². The number of benzene rings is 1. The van der Waals surface area contributed by atoms with E-state index in [-0.39, 0.29) is 11.5 Å². The van der Waals surface area contributed by atoms with Crippen LogP contribution in [-0.2, 0) is 5.88 Å². The van der Waals surface area contributed by atoms with Crippen LogP contribution in [0.1, 0.15) is 5.56 Å². The van der Waals surface area contributed by atoms with Gasteiger partial charge in [0.25, 0.3) is 0 Å². The molecule has 2 rings (SSSR count). The smallest absolute Gasteiger partial charge is 0.336 e. The third-order valence-electron chi connectivity index (χ3n) is 1.94. The molecule has 0 fully saturated rings. The fraction of sp³-hybridized carbons (Fsp3) is 0.100. The monoisotopic (exact) mass is 212 g/mol. The first-order valence-electron chi connectivity index (χ1n) is 3.99. The lowest BCUT2D eigenvalue weighted by molar-refractivity contribution is 0.553. The average molecular weight is 213 g/mol. The van der Waals surface area contributed by atoms with Crippen LogP contribution in [0.2, 0.25) is 0 Å². The average Bonchev–Trinajstić information content (AvgIpc) is 2.15. The molecule has 72 valence electrons. The first-order chi connectivity index (χ1) is 6.70. The summed E-state index contributed by atoms with van der Waals surface area (Å²) in [5, 5.41) is 0.668. The SMILES string of the molecule is O=c1cc(CCl)c2ccc(F)cc2o1. The molecule has 0 bridgehead atoms. The number of alkyl halides is 1. The van der Waals surface area contributed by atoms with Crippen molar-refractivity contribution in [3.63, 3.8) is 0 Å². The standard InChI is InChI=1S/C10H6ClFO2/c11-5-6-3-10(13)14-9-4-7(12)1-2-8(6)9/h1-4H,5H2. The molecule has 0 aliphatic heterocycles. The molecule has 2 aromatic rings. The Balaban J connectivity index is 2.87. The summed E-state index contributed by atoms with van der Waals surface area (Å²) in [4.78, 5) is 11.0. The molecule has 0 saturated carbocycles. The Morgan fingerprint density at radius 1 is 1.36 bits per heavy atom. The van der Waals surface area contributed by atoms with Gasteiger partial charge in [-0.3, -0.25) is 0 Å². The summed E-state index contributed by atoms with van der Waals surface area (Å²) < 4.78 is 17.6. The minimum absolute atomic E-state index is 0.202. The summed E-state index contributed by atoms with van der Waals surface area (Å²) in [5.41, 5.74) is 0.366. The van der Waals surface area contributed by atoms with Crippen molar-refractivity contribution in [3.8, 4) is 0 Å². The van der Waals surface area contributed by atoms with Crippen LogP contribution in [0.25, 0.3) is 11.0 Å². The van der Waals surface area contributed by atoms with E-state index in [2.05, 4.69) is 0 Å². The van der Waals surface area contributed by atoms with Crippen LogP contribution >= 0.6 is 11.6 Å². The van der Waals surface area contributed by atoms with Gasteiger partial charge in [-0.1, -0.05) is 0 Å². The van der Waals surface area contributed by atoms with Gasteiger partial charge in [0.15, 0.2) is 0 Å². The maximum Gasteiger partial charge on any atom is 0.336 e. The van der Waals surface area contributed by atoms with Crippen molar-refractivity contribution >= 4 is 22.6 Å². The molecule has 2 nitrogen and oxygen atoms in total. The van der Waals surface area contributed by atoms with E-state index >= 15 is 0 Å². The molecule has 0 atom stereocenters. The highest BCUT2D eigenvalue weighted by Gasteiger charge is 2.05. The normalized spacial score (nSPS) is 10.7. The molecule has 4 heteroatoms. The van der Waals surface area contributed by atoms with Crippen molar-refractivity contribution in [1.29, 1.82) is 0 Å². The van der Waals surface area contributed by atoms with E-state index in [0.29, 0.717) is 10.9 Å².